The minimum atomic E-state index is -0.191. The third-order valence-corrected chi connectivity index (χ3v) is 3.94. The van der Waals surface area contributed by atoms with Gasteiger partial charge in [-0.1, -0.05) is 18.9 Å². The van der Waals surface area contributed by atoms with Gasteiger partial charge >= 0.3 is 0 Å². The predicted octanol–water partition coefficient (Wildman–Crippen LogP) is 3.65. The number of hydrogen-bond acceptors (Lipinski definition) is 1. The number of hydrogen-bond donors (Lipinski definition) is 1. The second-order valence-electron chi connectivity index (χ2n) is 4.75. The Bertz CT molecular complexity index is 367. The van der Waals surface area contributed by atoms with Crippen LogP contribution >= 0.6 is 15.9 Å². The summed E-state index contributed by atoms with van der Waals surface area (Å²) < 4.78 is 13.6. The van der Waals surface area contributed by atoms with Crippen LogP contribution in [-0.2, 0) is 6.42 Å². The highest BCUT2D eigenvalue weighted by Gasteiger charge is 2.19. The lowest BCUT2D eigenvalue weighted by molar-refractivity contribution is 0.321. The Morgan fingerprint density at radius 1 is 1.38 bits per heavy atom. The summed E-state index contributed by atoms with van der Waals surface area (Å²) in [4.78, 5) is 0. The van der Waals surface area contributed by atoms with Crippen LogP contribution in [0.2, 0.25) is 0 Å². The summed E-state index contributed by atoms with van der Waals surface area (Å²) in [6.45, 7) is 0. The summed E-state index contributed by atoms with van der Waals surface area (Å²) >= 11 is 3.22. The normalized spacial score (nSPS) is 25.7. The summed E-state index contributed by atoms with van der Waals surface area (Å²) in [5, 5.41) is 0. The van der Waals surface area contributed by atoms with Gasteiger partial charge in [0.05, 0.1) is 4.47 Å². The van der Waals surface area contributed by atoms with Crippen molar-refractivity contribution in [3.05, 3.63) is 34.1 Å². The van der Waals surface area contributed by atoms with Crippen LogP contribution in [0, 0.1) is 11.7 Å². The van der Waals surface area contributed by atoms with Gasteiger partial charge in [0.2, 0.25) is 0 Å². The fourth-order valence-corrected chi connectivity index (χ4v) is 2.94. The molecule has 1 saturated carbocycles. The molecular weight excluding hydrogens is 269 g/mol. The van der Waals surface area contributed by atoms with E-state index in [1.165, 1.54) is 24.5 Å². The first kappa shape index (κ1) is 12.1. The molecule has 2 unspecified atom stereocenters. The fourth-order valence-electron chi connectivity index (χ4n) is 2.52. The number of nitrogens with two attached hydrogens (primary N) is 1. The van der Waals surface area contributed by atoms with E-state index in [9.17, 15) is 4.39 Å². The zero-order valence-electron chi connectivity index (χ0n) is 9.26. The van der Waals surface area contributed by atoms with E-state index in [1.54, 1.807) is 0 Å². The first-order chi connectivity index (χ1) is 7.65. The van der Waals surface area contributed by atoms with E-state index in [2.05, 4.69) is 15.9 Å². The van der Waals surface area contributed by atoms with Gasteiger partial charge in [0, 0.05) is 6.04 Å². The van der Waals surface area contributed by atoms with Crippen molar-refractivity contribution in [1.29, 1.82) is 0 Å². The molecule has 0 spiro atoms. The van der Waals surface area contributed by atoms with Crippen LogP contribution in [0.4, 0.5) is 4.39 Å². The van der Waals surface area contributed by atoms with Gasteiger partial charge < -0.3 is 5.73 Å². The maximum absolute atomic E-state index is 13.1. The zero-order valence-corrected chi connectivity index (χ0v) is 10.8. The molecule has 1 aliphatic carbocycles. The molecule has 0 saturated heterocycles. The highest BCUT2D eigenvalue weighted by Crippen LogP contribution is 2.27. The van der Waals surface area contributed by atoms with Crippen LogP contribution in [0.15, 0.2) is 22.7 Å². The Balaban J connectivity index is 2.00. The summed E-state index contributed by atoms with van der Waals surface area (Å²) in [5.41, 5.74) is 7.16. The van der Waals surface area contributed by atoms with Crippen molar-refractivity contribution in [3.63, 3.8) is 0 Å². The van der Waals surface area contributed by atoms with Crippen LogP contribution < -0.4 is 5.73 Å². The lowest BCUT2D eigenvalue weighted by Gasteiger charge is -2.26. The number of benzene rings is 1. The highest BCUT2D eigenvalue weighted by atomic mass is 79.9. The minimum Gasteiger partial charge on any atom is -0.328 e. The zero-order chi connectivity index (χ0) is 11.5. The first-order valence-corrected chi connectivity index (χ1v) is 6.64. The van der Waals surface area contributed by atoms with Gasteiger partial charge in [-0.25, -0.2) is 4.39 Å². The Hall–Kier alpha value is -0.410. The van der Waals surface area contributed by atoms with Gasteiger partial charge in [-0.05, 0) is 58.8 Å². The molecule has 3 heteroatoms. The van der Waals surface area contributed by atoms with Crippen molar-refractivity contribution < 1.29 is 4.39 Å². The molecule has 2 rings (SSSR count). The van der Waals surface area contributed by atoms with Gasteiger partial charge in [-0.15, -0.1) is 0 Å². The van der Waals surface area contributed by atoms with Crippen molar-refractivity contribution >= 4 is 15.9 Å². The molecule has 0 bridgehead atoms. The fraction of sp³-hybridized carbons (Fsp3) is 0.538. The van der Waals surface area contributed by atoms with Crippen molar-refractivity contribution in [2.45, 2.75) is 38.1 Å². The molecule has 16 heavy (non-hydrogen) atoms. The van der Waals surface area contributed by atoms with Crippen molar-refractivity contribution in [3.8, 4) is 0 Å². The van der Waals surface area contributed by atoms with E-state index in [1.807, 2.05) is 12.1 Å². The van der Waals surface area contributed by atoms with Gasteiger partial charge in [0.1, 0.15) is 5.82 Å². The number of halogens is 2. The van der Waals surface area contributed by atoms with Crippen LogP contribution in [0.3, 0.4) is 0 Å². The standard InChI is InChI=1S/C13H17BrFN/c14-12-8-10(4-5-13(12)15)6-9-2-1-3-11(16)7-9/h4-5,8-9,11H,1-3,6-7,16H2. The second-order valence-corrected chi connectivity index (χ2v) is 5.60. The molecule has 1 aliphatic rings. The van der Waals surface area contributed by atoms with E-state index in [0.29, 0.717) is 16.4 Å². The van der Waals surface area contributed by atoms with Crippen molar-refractivity contribution in [2.24, 2.45) is 11.7 Å². The molecule has 1 fully saturated rings. The monoisotopic (exact) mass is 285 g/mol. The van der Waals surface area contributed by atoms with Crippen LogP contribution in [0.1, 0.15) is 31.2 Å². The lowest BCUT2D eigenvalue weighted by Crippen LogP contribution is -2.28. The molecule has 1 aromatic carbocycles. The average Bonchev–Trinajstić information content (AvgIpc) is 2.24. The van der Waals surface area contributed by atoms with Crippen molar-refractivity contribution in [2.75, 3.05) is 0 Å². The Morgan fingerprint density at radius 3 is 2.88 bits per heavy atom. The maximum Gasteiger partial charge on any atom is 0.137 e. The van der Waals surface area contributed by atoms with Gasteiger partial charge in [-0.2, -0.15) is 0 Å². The van der Waals surface area contributed by atoms with Gasteiger partial charge in [-0.3, -0.25) is 0 Å². The van der Waals surface area contributed by atoms with Gasteiger partial charge in [0.15, 0.2) is 0 Å². The molecule has 1 aromatic rings. The van der Waals surface area contributed by atoms with E-state index < -0.39 is 0 Å². The number of rotatable bonds is 2. The molecule has 88 valence electrons. The van der Waals surface area contributed by atoms with E-state index >= 15 is 0 Å². The Labute approximate surface area is 104 Å². The molecule has 2 N–H and O–H groups in total. The molecule has 0 aromatic heterocycles. The topological polar surface area (TPSA) is 26.0 Å². The highest BCUT2D eigenvalue weighted by molar-refractivity contribution is 9.10. The first-order valence-electron chi connectivity index (χ1n) is 5.84. The summed E-state index contributed by atoms with van der Waals surface area (Å²) in [5.74, 6) is 0.477. The van der Waals surface area contributed by atoms with E-state index in [0.717, 1.165) is 19.3 Å². The molecule has 2 atom stereocenters. The quantitative estimate of drug-likeness (QED) is 0.882. The van der Waals surface area contributed by atoms with Gasteiger partial charge in [0.25, 0.3) is 0 Å². The van der Waals surface area contributed by atoms with Crippen LogP contribution in [-0.4, -0.2) is 6.04 Å². The molecule has 1 nitrogen and oxygen atoms in total. The minimum absolute atomic E-state index is 0.191. The van der Waals surface area contributed by atoms with Crippen LogP contribution in [0.25, 0.3) is 0 Å². The summed E-state index contributed by atoms with van der Waals surface area (Å²) in [7, 11) is 0. The molecule has 0 amide bonds. The molecular formula is C13H17BrFN. The molecule has 0 radical (unpaired) electrons. The Morgan fingerprint density at radius 2 is 2.19 bits per heavy atom. The third kappa shape index (κ3) is 3.05. The Kier molecular flexibility index (Phi) is 3.98. The maximum atomic E-state index is 13.1. The third-order valence-electron chi connectivity index (χ3n) is 3.33. The van der Waals surface area contributed by atoms with E-state index in [-0.39, 0.29) is 5.82 Å². The molecule has 0 heterocycles. The average molecular weight is 286 g/mol. The van der Waals surface area contributed by atoms with Crippen LogP contribution in [0.5, 0.6) is 0 Å². The smallest absolute Gasteiger partial charge is 0.137 e. The summed E-state index contributed by atoms with van der Waals surface area (Å²) in [6, 6.07) is 5.65. The second kappa shape index (κ2) is 5.28. The summed E-state index contributed by atoms with van der Waals surface area (Å²) in [6.07, 6.45) is 5.77. The lowest BCUT2D eigenvalue weighted by atomic mass is 9.82. The van der Waals surface area contributed by atoms with Crippen molar-refractivity contribution in [1.82, 2.24) is 0 Å². The largest absolute Gasteiger partial charge is 0.328 e. The molecule has 0 aliphatic heterocycles. The SMILES string of the molecule is NC1CCCC(Cc2ccc(F)c(Br)c2)C1. The predicted molar refractivity (Wildman–Crippen MR) is 67.7 cm³/mol. The van der Waals surface area contributed by atoms with E-state index in [4.69, 9.17) is 5.73 Å².